The summed E-state index contributed by atoms with van der Waals surface area (Å²) in [7, 11) is 0. The summed E-state index contributed by atoms with van der Waals surface area (Å²) in [6.45, 7) is 7.28. The van der Waals surface area contributed by atoms with Gasteiger partial charge in [0.15, 0.2) is 0 Å². The summed E-state index contributed by atoms with van der Waals surface area (Å²) in [5.41, 5.74) is 1.01. The fourth-order valence-corrected chi connectivity index (χ4v) is 2.01. The molecule has 0 bridgehead atoms. The van der Waals surface area contributed by atoms with Crippen LogP contribution in [-0.4, -0.2) is 21.1 Å². The van der Waals surface area contributed by atoms with E-state index >= 15 is 0 Å². The summed E-state index contributed by atoms with van der Waals surface area (Å²) in [5, 5.41) is 8.60. The van der Waals surface area contributed by atoms with Crippen LogP contribution in [0.5, 0.6) is 0 Å². The van der Waals surface area contributed by atoms with Crippen molar-refractivity contribution < 1.29 is 0 Å². The summed E-state index contributed by atoms with van der Waals surface area (Å²) in [4.78, 5) is 5.29. The van der Waals surface area contributed by atoms with Crippen LogP contribution in [0.25, 0.3) is 4.96 Å². The second-order valence-corrected chi connectivity index (χ2v) is 4.75. The zero-order valence-electron chi connectivity index (χ0n) is 8.61. The van der Waals surface area contributed by atoms with E-state index in [4.69, 9.17) is 0 Å². The first-order chi connectivity index (χ1) is 6.65. The molecule has 2 aromatic heterocycles. The molecule has 5 heteroatoms. The van der Waals surface area contributed by atoms with Crippen LogP contribution in [-0.2, 0) is 0 Å². The molecule has 2 rings (SSSR count). The maximum absolute atomic E-state index is 4.37. The van der Waals surface area contributed by atoms with E-state index in [2.05, 4.69) is 29.2 Å². The second-order valence-electron chi connectivity index (χ2n) is 3.79. The SMILES string of the molecule is Cc1cn2nc(NCC(C)C)sc2n1. The number of nitrogens with one attached hydrogen (secondary N) is 1. The molecule has 76 valence electrons. The molecule has 4 nitrogen and oxygen atoms in total. The number of hydrogen-bond acceptors (Lipinski definition) is 4. The first-order valence-electron chi connectivity index (χ1n) is 4.72. The van der Waals surface area contributed by atoms with Gasteiger partial charge in [0.25, 0.3) is 0 Å². The number of rotatable bonds is 3. The smallest absolute Gasteiger partial charge is 0.214 e. The molecule has 0 saturated carbocycles. The van der Waals surface area contributed by atoms with Crippen molar-refractivity contribution in [1.82, 2.24) is 14.6 Å². The lowest BCUT2D eigenvalue weighted by Crippen LogP contribution is -2.07. The van der Waals surface area contributed by atoms with Gasteiger partial charge in [0.05, 0.1) is 11.9 Å². The molecule has 2 heterocycles. The molecule has 0 aromatic carbocycles. The molecule has 0 aliphatic carbocycles. The van der Waals surface area contributed by atoms with Gasteiger partial charge in [-0.1, -0.05) is 25.2 Å². The number of fused-ring (bicyclic) bond motifs is 1. The zero-order chi connectivity index (χ0) is 10.1. The van der Waals surface area contributed by atoms with Crippen LogP contribution in [0.4, 0.5) is 5.13 Å². The van der Waals surface area contributed by atoms with E-state index in [1.165, 1.54) is 0 Å². The van der Waals surface area contributed by atoms with Gasteiger partial charge < -0.3 is 5.32 Å². The molecule has 0 atom stereocenters. The Balaban J connectivity index is 2.15. The average Bonchev–Trinajstić information content (AvgIpc) is 2.57. The number of imidazole rings is 1. The molecule has 14 heavy (non-hydrogen) atoms. The minimum absolute atomic E-state index is 0.632. The lowest BCUT2D eigenvalue weighted by Gasteiger charge is -2.03. The normalized spacial score (nSPS) is 11.4. The molecular weight excluding hydrogens is 196 g/mol. The topological polar surface area (TPSA) is 42.2 Å². The summed E-state index contributed by atoms with van der Waals surface area (Å²) >= 11 is 1.59. The van der Waals surface area contributed by atoms with Crippen molar-refractivity contribution in [2.45, 2.75) is 20.8 Å². The molecule has 0 radical (unpaired) electrons. The Kier molecular flexibility index (Phi) is 2.41. The average molecular weight is 210 g/mol. The highest BCUT2D eigenvalue weighted by Gasteiger charge is 2.05. The first-order valence-corrected chi connectivity index (χ1v) is 5.53. The Morgan fingerprint density at radius 1 is 1.57 bits per heavy atom. The molecule has 0 aliphatic heterocycles. The molecule has 0 spiro atoms. The standard InChI is InChI=1S/C9H14N4S/c1-6(2)4-10-8-12-13-5-7(3)11-9(13)14-8/h5-6H,4H2,1-3H3,(H,10,12). The molecule has 0 amide bonds. The Bertz CT molecular complexity index is 397. The quantitative estimate of drug-likeness (QED) is 0.844. The highest BCUT2D eigenvalue weighted by molar-refractivity contribution is 7.20. The van der Waals surface area contributed by atoms with E-state index in [0.29, 0.717) is 5.92 Å². The Hall–Kier alpha value is -1.10. The fourth-order valence-electron chi connectivity index (χ4n) is 1.17. The number of hydrogen-bond donors (Lipinski definition) is 1. The minimum Gasteiger partial charge on any atom is -0.360 e. The lowest BCUT2D eigenvalue weighted by atomic mass is 10.2. The van der Waals surface area contributed by atoms with Gasteiger partial charge in [0.1, 0.15) is 0 Å². The minimum atomic E-state index is 0.632. The third-order valence-electron chi connectivity index (χ3n) is 1.83. The van der Waals surface area contributed by atoms with Crippen molar-refractivity contribution in [3.05, 3.63) is 11.9 Å². The molecule has 1 N–H and O–H groups in total. The van der Waals surface area contributed by atoms with Gasteiger partial charge in [0, 0.05) is 6.54 Å². The van der Waals surface area contributed by atoms with E-state index in [0.717, 1.165) is 22.3 Å². The third-order valence-corrected chi connectivity index (χ3v) is 2.71. The molecule has 0 unspecified atom stereocenters. The van der Waals surface area contributed by atoms with Crippen LogP contribution in [0.15, 0.2) is 6.20 Å². The van der Waals surface area contributed by atoms with Crippen molar-refractivity contribution in [2.75, 3.05) is 11.9 Å². The van der Waals surface area contributed by atoms with Gasteiger partial charge in [-0.25, -0.2) is 9.50 Å². The molecule has 2 aromatic rings. The molecule has 0 saturated heterocycles. The van der Waals surface area contributed by atoms with Gasteiger partial charge in [-0.05, 0) is 12.8 Å². The van der Waals surface area contributed by atoms with Gasteiger partial charge >= 0.3 is 0 Å². The zero-order valence-corrected chi connectivity index (χ0v) is 9.43. The summed E-state index contributed by atoms with van der Waals surface area (Å²) in [5.74, 6) is 0.632. The number of aryl methyl sites for hydroxylation is 1. The largest absolute Gasteiger partial charge is 0.360 e. The highest BCUT2D eigenvalue weighted by atomic mass is 32.1. The van der Waals surface area contributed by atoms with Crippen LogP contribution in [0.1, 0.15) is 19.5 Å². The van der Waals surface area contributed by atoms with Gasteiger partial charge in [-0.2, -0.15) is 0 Å². The van der Waals surface area contributed by atoms with E-state index in [1.807, 2.05) is 17.6 Å². The Morgan fingerprint density at radius 2 is 2.36 bits per heavy atom. The molecule has 0 fully saturated rings. The van der Waals surface area contributed by atoms with Crippen LogP contribution in [0.2, 0.25) is 0 Å². The monoisotopic (exact) mass is 210 g/mol. The summed E-state index contributed by atoms with van der Waals surface area (Å²) < 4.78 is 1.82. The van der Waals surface area contributed by atoms with Crippen molar-refractivity contribution in [3.63, 3.8) is 0 Å². The van der Waals surface area contributed by atoms with E-state index in [9.17, 15) is 0 Å². The van der Waals surface area contributed by atoms with E-state index < -0.39 is 0 Å². The Labute approximate surface area is 87.0 Å². The molecular formula is C9H14N4S. The van der Waals surface area contributed by atoms with Gasteiger partial charge in [-0.3, -0.25) is 0 Å². The summed E-state index contributed by atoms with van der Waals surface area (Å²) in [6, 6.07) is 0. The number of nitrogens with zero attached hydrogens (tertiary/aromatic N) is 3. The first kappa shape index (κ1) is 9.45. The predicted octanol–water partition coefficient (Wildman–Crippen LogP) is 2.17. The Morgan fingerprint density at radius 3 is 3.00 bits per heavy atom. The maximum atomic E-state index is 4.37. The van der Waals surface area contributed by atoms with E-state index in [-0.39, 0.29) is 0 Å². The third kappa shape index (κ3) is 1.87. The number of aromatic nitrogens is 3. The van der Waals surface area contributed by atoms with Gasteiger partial charge in [-0.15, -0.1) is 5.10 Å². The van der Waals surface area contributed by atoms with E-state index in [1.54, 1.807) is 11.3 Å². The van der Waals surface area contributed by atoms with Gasteiger partial charge in [0.2, 0.25) is 10.1 Å². The fraction of sp³-hybridized carbons (Fsp3) is 0.556. The lowest BCUT2D eigenvalue weighted by molar-refractivity contribution is 0.687. The maximum Gasteiger partial charge on any atom is 0.214 e. The van der Waals surface area contributed by atoms with Crippen molar-refractivity contribution >= 4 is 21.4 Å². The number of anilines is 1. The molecule has 0 aliphatic rings. The van der Waals surface area contributed by atoms with Crippen molar-refractivity contribution in [1.29, 1.82) is 0 Å². The predicted molar refractivity (Wildman–Crippen MR) is 58.9 cm³/mol. The van der Waals surface area contributed by atoms with Crippen molar-refractivity contribution in [2.24, 2.45) is 5.92 Å². The van der Waals surface area contributed by atoms with Crippen LogP contribution >= 0.6 is 11.3 Å². The highest BCUT2D eigenvalue weighted by Crippen LogP contribution is 2.18. The van der Waals surface area contributed by atoms with Crippen molar-refractivity contribution in [3.8, 4) is 0 Å². The second kappa shape index (κ2) is 3.57. The van der Waals surface area contributed by atoms with Crippen LogP contribution in [0.3, 0.4) is 0 Å². The summed E-state index contributed by atoms with van der Waals surface area (Å²) in [6.07, 6.45) is 1.94. The van der Waals surface area contributed by atoms with Crippen LogP contribution in [0, 0.1) is 12.8 Å². The van der Waals surface area contributed by atoms with Crippen LogP contribution < -0.4 is 5.32 Å².